The highest BCUT2D eigenvalue weighted by Gasteiger charge is 2.05. The largest absolute Gasteiger partial charge is 0.364 e. The Kier molecular flexibility index (Phi) is 3.02. The molecule has 0 saturated carbocycles. The minimum atomic E-state index is 0.311. The number of rotatable bonds is 3. The Morgan fingerprint density at radius 3 is 2.93 bits per heavy atom. The van der Waals surface area contributed by atoms with Crippen LogP contribution >= 0.6 is 11.3 Å². The van der Waals surface area contributed by atoms with Crippen molar-refractivity contribution in [1.29, 1.82) is 0 Å². The quantitative estimate of drug-likeness (QED) is 0.851. The molecule has 3 heteroatoms. The van der Waals surface area contributed by atoms with Crippen LogP contribution in [0.25, 0.3) is 0 Å². The van der Waals surface area contributed by atoms with Crippen LogP contribution in [0.5, 0.6) is 0 Å². The van der Waals surface area contributed by atoms with Gasteiger partial charge in [0.25, 0.3) is 0 Å². The Morgan fingerprint density at radius 2 is 2.27 bits per heavy atom. The molecule has 2 nitrogen and oxygen atoms in total. The maximum absolute atomic E-state index is 4.28. The zero-order valence-electron chi connectivity index (χ0n) is 8.90. The van der Waals surface area contributed by atoms with Crippen LogP contribution in [0.2, 0.25) is 0 Å². The molecule has 1 N–H and O–H groups in total. The van der Waals surface area contributed by atoms with Gasteiger partial charge in [0, 0.05) is 6.20 Å². The highest BCUT2D eigenvalue weighted by molar-refractivity contribution is 7.07. The molecule has 15 heavy (non-hydrogen) atoms. The maximum atomic E-state index is 4.28. The van der Waals surface area contributed by atoms with E-state index in [1.165, 1.54) is 11.1 Å². The molecule has 0 fully saturated rings. The molecule has 0 aromatic carbocycles. The molecule has 0 amide bonds. The summed E-state index contributed by atoms with van der Waals surface area (Å²) >= 11 is 1.72. The number of hydrogen-bond acceptors (Lipinski definition) is 3. The highest BCUT2D eigenvalue weighted by atomic mass is 32.1. The van der Waals surface area contributed by atoms with Crippen molar-refractivity contribution in [1.82, 2.24) is 4.98 Å². The molecule has 1 unspecified atom stereocenters. The van der Waals surface area contributed by atoms with E-state index in [0.717, 1.165) is 5.82 Å². The minimum Gasteiger partial charge on any atom is -0.364 e. The van der Waals surface area contributed by atoms with Crippen molar-refractivity contribution in [3.05, 3.63) is 46.3 Å². The van der Waals surface area contributed by atoms with Crippen LogP contribution in [0.1, 0.15) is 24.1 Å². The standard InChI is InChI=1S/C12H14N2S/c1-9-3-5-13-12(7-9)14-10(2)11-4-6-15-8-11/h3-8,10H,1-2H3,(H,13,14). The fourth-order valence-electron chi connectivity index (χ4n) is 1.44. The van der Waals surface area contributed by atoms with Crippen LogP contribution in [0.15, 0.2) is 35.2 Å². The molecule has 78 valence electrons. The van der Waals surface area contributed by atoms with E-state index in [2.05, 4.69) is 47.0 Å². The highest BCUT2D eigenvalue weighted by Crippen LogP contribution is 2.20. The lowest BCUT2D eigenvalue weighted by atomic mass is 10.2. The third-order valence-electron chi connectivity index (χ3n) is 2.32. The second-order valence-corrected chi connectivity index (χ2v) is 4.42. The van der Waals surface area contributed by atoms with E-state index in [1.54, 1.807) is 11.3 Å². The number of pyridine rings is 1. The first kappa shape index (κ1) is 10.2. The lowest BCUT2D eigenvalue weighted by Gasteiger charge is -2.13. The number of nitrogens with one attached hydrogen (secondary N) is 1. The van der Waals surface area contributed by atoms with Gasteiger partial charge in [-0.25, -0.2) is 4.98 Å². The van der Waals surface area contributed by atoms with Gasteiger partial charge in [-0.2, -0.15) is 11.3 Å². The van der Waals surface area contributed by atoms with Gasteiger partial charge >= 0.3 is 0 Å². The Morgan fingerprint density at radius 1 is 1.40 bits per heavy atom. The van der Waals surface area contributed by atoms with Crippen molar-refractivity contribution in [3.8, 4) is 0 Å². The van der Waals surface area contributed by atoms with Gasteiger partial charge in [0.1, 0.15) is 5.82 Å². The predicted molar refractivity (Wildman–Crippen MR) is 65.3 cm³/mol. The average Bonchev–Trinajstić information content (AvgIpc) is 2.70. The molecule has 0 spiro atoms. The van der Waals surface area contributed by atoms with E-state index in [9.17, 15) is 0 Å². The van der Waals surface area contributed by atoms with Crippen molar-refractivity contribution < 1.29 is 0 Å². The van der Waals surface area contributed by atoms with Crippen LogP contribution in [0.3, 0.4) is 0 Å². The van der Waals surface area contributed by atoms with E-state index in [0.29, 0.717) is 6.04 Å². The summed E-state index contributed by atoms with van der Waals surface area (Å²) in [6, 6.07) is 6.51. The average molecular weight is 218 g/mol. The molecular weight excluding hydrogens is 204 g/mol. The van der Waals surface area contributed by atoms with Crippen molar-refractivity contribution in [2.75, 3.05) is 5.32 Å². The molecule has 0 aliphatic rings. The molecular formula is C12H14N2S. The van der Waals surface area contributed by atoms with Gasteiger partial charge < -0.3 is 5.32 Å². The van der Waals surface area contributed by atoms with E-state index < -0.39 is 0 Å². The molecule has 0 aliphatic carbocycles. The summed E-state index contributed by atoms with van der Waals surface area (Å²) in [7, 11) is 0. The zero-order valence-corrected chi connectivity index (χ0v) is 9.71. The lowest BCUT2D eigenvalue weighted by molar-refractivity contribution is 0.879. The predicted octanol–water partition coefficient (Wildman–Crippen LogP) is 3.62. The minimum absolute atomic E-state index is 0.311. The Hall–Kier alpha value is -1.35. The Labute approximate surface area is 94.0 Å². The fraction of sp³-hybridized carbons (Fsp3) is 0.250. The van der Waals surface area contributed by atoms with Gasteiger partial charge in [-0.05, 0) is 53.9 Å². The second-order valence-electron chi connectivity index (χ2n) is 3.64. The monoisotopic (exact) mass is 218 g/mol. The van der Waals surface area contributed by atoms with Gasteiger partial charge in [0.2, 0.25) is 0 Å². The van der Waals surface area contributed by atoms with Crippen molar-refractivity contribution in [2.45, 2.75) is 19.9 Å². The normalized spacial score (nSPS) is 12.4. The van der Waals surface area contributed by atoms with Gasteiger partial charge in [-0.15, -0.1) is 0 Å². The second kappa shape index (κ2) is 4.45. The number of aryl methyl sites for hydroxylation is 1. The van der Waals surface area contributed by atoms with Crippen molar-refractivity contribution in [2.24, 2.45) is 0 Å². The number of hydrogen-bond donors (Lipinski definition) is 1. The first-order chi connectivity index (χ1) is 7.25. The third-order valence-corrected chi connectivity index (χ3v) is 3.02. The van der Waals surface area contributed by atoms with E-state index >= 15 is 0 Å². The van der Waals surface area contributed by atoms with Crippen LogP contribution in [-0.2, 0) is 0 Å². The van der Waals surface area contributed by atoms with Gasteiger partial charge in [0.15, 0.2) is 0 Å². The van der Waals surface area contributed by atoms with E-state index in [1.807, 2.05) is 12.3 Å². The molecule has 2 aromatic rings. The summed E-state index contributed by atoms with van der Waals surface area (Å²) in [6.07, 6.45) is 1.83. The number of thiophene rings is 1. The first-order valence-corrected chi connectivity index (χ1v) is 5.91. The molecule has 1 atom stereocenters. The Balaban J connectivity index is 2.09. The number of aromatic nitrogens is 1. The van der Waals surface area contributed by atoms with E-state index in [-0.39, 0.29) is 0 Å². The topological polar surface area (TPSA) is 24.9 Å². The molecule has 0 aliphatic heterocycles. The van der Waals surface area contributed by atoms with Crippen LogP contribution < -0.4 is 5.32 Å². The molecule has 2 aromatic heterocycles. The van der Waals surface area contributed by atoms with Gasteiger partial charge in [-0.1, -0.05) is 0 Å². The fourth-order valence-corrected chi connectivity index (χ4v) is 2.20. The van der Waals surface area contributed by atoms with Crippen LogP contribution in [0.4, 0.5) is 5.82 Å². The summed E-state index contributed by atoms with van der Waals surface area (Å²) in [6.45, 7) is 4.22. The first-order valence-electron chi connectivity index (χ1n) is 4.97. The van der Waals surface area contributed by atoms with Crippen molar-refractivity contribution >= 4 is 17.2 Å². The summed E-state index contributed by atoms with van der Waals surface area (Å²) in [4.78, 5) is 4.28. The summed E-state index contributed by atoms with van der Waals surface area (Å²) < 4.78 is 0. The third kappa shape index (κ3) is 2.57. The van der Waals surface area contributed by atoms with Gasteiger partial charge in [-0.3, -0.25) is 0 Å². The number of nitrogens with zero attached hydrogens (tertiary/aromatic N) is 1. The molecule has 2 rings (SSSR count). The van der Waals surface area contributed by atoms with Crippen molar-refractivity contribution in [3.63, 3.8) is 0 Å². The van der Waals surface area contributed by atoms with E-state index in [4.69, 9.17) is 0 Å². The molecule has 2 heterocycles. The molecule has 0 bridgehead atoms. The summed E-state index contributed by atoms with van der Waals surface area (Å²) in [5.74, 6) is 0.939. The van der Waals surface area contributed by atoms with Crippen LogP contribution in [0, 0.1) is 6.92 Å². The van der Waals surface area contributed by atoms with Crippen LogP contribution in [-0.4, -0.2) is 4.98 Å². The molecule has 0 saturated heterocycles. The number of anilines is 1. The smallest absolute Gasteiger partial charge is 0.126 e. The lowest BCUT2D eigenvalue weighted by Crippen LogP contribution is -2.06. The molecule has 0 radical (unpaired) electrons. The maximum Gasteiger partial charge on any atom is 0.126 e. The summed E-state index contributed by atoms with van der Waals surface area (Å²) in [5.41, 5.74) is 2.54. The SMILES string of the molecule is Cc1ccnc(NC(C)c2ccsc2)c1. The van der Waals surface area contributed by atoms with Gasteiger partial charge in [0.05, 0.1) is 6.04 Å². The zero-order chi connectivity index (χ0) is 10.7. The Bertz CT molecular complexity index is 423. The summed E-state index contributed by atoms with van der Waals surface area (Å²) in [5, 5.41) is 7.64.